The Morgan fingerprint density at radius 3 is 2.83 bits per heavy atom. The molecule has 0 fully saturated rings. The first-order chi connectivity index (χ1) is 8.50. The summed E-state index contributed by atoms with van der Waals surface area (Å²) >= 11 is 0. The van der Waals surface area contributed by atoms with Gasteiger partial charge in [0, 0.05) is 25.5 Å². The van der Waals surface area contributed by atoms with E-state index in [1.165, 1.54) is 23.1 Å². The van der Waals surface area contributed by atoms with Crippen LogP contribution in [0.2, 0.25) is 0 Å². The van der Waals surface area contributed by atoms with Crippen LogP contribution in [0.3, 0.4) is 0 Å². The van der Waals surface area contributed by atoms with Crippen molar-refractivity contribution in [2.24, 2.45) is 7.05 Å². The van der Waals surface area contributed by atoms with E-state index in [1.807, 2.05) is 0 Å². The number of nitrogens with zero attached hydrogens (tertiary/aromatic N) is 2. The van der Waals surface area contributed by atoms with Gasteiger partial charge in [0.25, 0.3) is 5.91 Å². The number of aromatic amines is 1. The predicted octanol–water partition coefficient (Wildman–Crippen LogP) is 0.251. The number of carbonyl (C=O) groups excluding carboxylic acids is 1. The number of aromatic nitrogens is 3. The number of aryl methyl sites for hydroxylation is 2. The fraction of sp³-hybridized carbons (Fsp3) is 0.182. The largest absolute Gasteiger partial charge is 0.394 e. The van der Waals surface area contributed by atoms with Crippen molar-refractivity contribution in [2.45, 2.75) is 6.92 Å². The molecule has 0 aliphatic carbocycles. The molecular formula is C11H13N5O2. The molecule has 18 heavy (non-hydrogen) atoms. The smallest absolute Gasteiger partial charge is 0.262 e. The average molecular weight is 247 g/mol. The molecule has 7 heteroatoms. The van der Waals surface area contributed by atoms with Crippen LogP contribution in [0, 0.1) is 6.92 Å². The Morgan fingerprint density at radius 1 is 1.56 bits per heavy atom. The molecule has 0 aromatic carbocycles. The monoisotopic (exact) mass is 247 g/mol. The minimum atomic E-state index is -0.522. The molecule has 0 atom stereocenters. The molecule has 0 radical (unpaired) electrons. The topological polar surface area (TPSA) is 106 Å². The number of pyridine rings is 1. The van der Waals surface area contributed by atoms with Gasteiger partial charge < -0.3 is 16.0 Å². The van der Waals surface area contributed by atoms with E-state index in [1.54, 1.807) is 14.0 Å². The Balaban J connectivity index is 2.33. The molecule has 0 saturated heterocycles. The number of nitrogens with two attached hydrogens (primary N) is 1. The molecule has 7 nitrogen and oxygen atoms in total. The summed E-state index contributed by atoms with van der Waals surface area (Å²) in [6, 6.07) is 1.28. The van der Waals surface area contributed by atoms with Crippen molar-refractivity contribution in [3.8, 4) is 0 Å². The zero-order valence-corrected chi connectivity index (χ0v) is 10.0. The van der Waals surface area contributed by atoms with Gasteiger partial charge in [-0.3, -0.25) is 14.3 Å². The number of nitrogen functional groups attached to an aromatic ring is 1. The minimum Gasteiger partial charge on any atom is -0.394 e. The highest BCUT2D eigenvalue weighted by Gasteiger charge is 2.15. The van der Waals surface area contributed by atoms with E-state index >= 15 is 0 Å². The van der Waals surface area contributed by atoms with Crippen molar-refractivity contribution in [3.05, 3.63) is 39.9 Å². The van der Waals surface area contributed by atoms with Crippen LogP contribution in [-0.2, 0) is 7.05 Å². The summed E-state index contributed by atoms with van der Waals surface area (Å²) in [6.45, 7) is 1.74. The number of carbonyl (C=O) groups is 1. The van der Waals surface area contributed by atoms with Crippen molar-refractivity contribution < 1.29 is 4.79 Å². The standard InChI is InChI=1S/C11H13N5O2/c1-6-9(12)10(16(2)15-6)14-11(18)7-5-13-4-3-8(7)17/h3-5H,12H2,1-2H3,(H,13,17)(H,14,18). The normalized spacial score (nSPS) is 10.3. The van der Waals surface area contributed by atoms with Crippen LogP contribution in [0.1, 0.15) is 16.1 Å². The third-order valence-corrected chi connectivity index (χ3v) is 2.57. The number of anilines is 2. The summed E-state index contributed by atoms with van der Waals surface area (Å²) in [4.78, 5) is 26.1. The van der Waals surface area contributed by atoms with Gasteiger partial charge in [-0.2, -0.15) is 5.10 Å². The van der Waals surface area contributed by atoms with E-state index < -0.39 is 5.91 Å². The van der Waals surface area contributed by atoms with Gasteiger partial charge in [0.2, 0.25) is 0 Å². The second-order valence-electron chi connectivity index (χ2n) is 3.85. The van der Waals surface area contributed by atoms with Crippen LogP contribution >= 0.6 is 0 Å². The van der Waals surface area contributed by atoms with Gasteiger partial charge in [-0.15, -0.1) is 0 Å². The SMILES string of the molecule is Cc1nn(C)c(NC(=O)c2c[nH]ccc2=O)c1N. The molecule has 0 bridgehead atoms. The van der Waals surface area contributed by atoms with Crippen LogP contribution < -0.4 is 16.5 Å². The minimum absolute atomic E-state index is 0.0238. The van der Waals surface area contributed by atoms with Crippen molar-refractivity contribution >= 4 is 17.4 Å². The summed E-state index contributed by atoms with van der Waals surface area (Å²) in [5.41, 5.74) is 6.46. The highest BCUT2D eigenvalue weighted by atomic mass is 16.2. The second kappa shape index (κ2) is 4.36. The highest BCUT2D eigenvalue weighted by Crippen LogP contribution is 2.21. The van der Waals surface area contributed by atoms with Gasteiger partial charge in [-0.25, -0.2) is 0 Å². The number of hydrogen-bond acceptors (Lipinski definition) is 4. The molecule has 0 aliphatic heterocycles. The molecule has 0 saturated carbocycles. The fourth-order valence-corrected chi connectivity index (χ4v) is 1.59. The van der Waals surface area contributed by atoms with Gasteiger partial charge in [0.05, 0.1) is 11.4 Å². The maximum absolute atomic E-state index is 11.9. The van der Waals surface area contributed by atoms with E-state index in [2.05, 4.69) is 15.4 Å². The van der Waals surface area contributed by atoms with Crippen LogP contribution in [0.25, 0.3) is 0 Å². The zero-order valence-electron chi connectivity index (χ0n) is 10.0. The molecule has 0 unspecified atom stereocenters. The second-order valence-corrected chi connectivity index (χ2v) is 3.85. The zero-order chi connectivity index (χ0) is 13.3. The van der Waals surface area contributed by atoms with Gasteiger partial charge in [0.1, 0.15) is 5.56 Å². The summed E-state index contributed by atoms with van der Waals surface area (Å²) in [7, 11) is 1.66. The summed E-state index contributed by atoms with van der Waals surface area (Å²) in [5, 5.41) is 6.64. The van der Waals surface area contributed by atoms with Crippen molar-refractivity contribution in [1.82, 2.24) is 14.8 Å². The summed E-state index contributed by atoms with van der Waals surface area (Å²) in [6.07, 6.45) is 2.80. The third-order valence-electron chi connectivity index (χ3n) is 2.57. The van der Waals surface area contributed by atoms with Gasteiger partial charge in [0.15, 0.2) is 11.2 Å². The van der Waals surface area contributed by atoms with E-state index in [0.29, 0.717) is 17.2 Å². The van der Waals surface area contributed by atoms with Crippen LogP contribution in [0.4, 0.5) is 11.5 Å². The predicted molar refractivity (Wildman–Crippen MR) is 67.4 cm³/mol. The fourth-order valence-electron chi connectivity index (χ4n) is 1.59. The van der Waals surface area contributed by atoms with E-state index in [-0.39, 0.29) is 11.0 Å². The van der Waals surface area contributed by atoms with Gasteiger partial charge in [-0.05, 0) is 6.92 Å². The quantitative estimate of drug-likeness (QED) is 0.707. The Bertz CT molecular complexity index is 656. The van der Waals surface area contributed by atoms with Crippen LogP contribution in [0.15, 0.2) is 23.3 Å². The van der Waals surface area contributed by atoms with E-state index in [0.717, 1.165) is 0 Å². The Labute approximate surface area is 103 Å². The average Bonchev–Trinajstić information content (AvgIpc) is 2.56. The molecule has 1 amide bonds. The van der Waals surface area contributed by atoms with Crippen molar-refractivity contribution in [1.29, 1.82) is 0 Å². The third kappa shape index (κ3) is 1.97. The number of H-pyrrole nitrogens is 1. The van der Waals surface area contributed by atoms with Crippen molar-refractivity contribution in [2.75, 3.05) is 11.1 Å². The van der Waals surface area contributed by atoms with E-state index in [4.69, 9.17) is 5.73 Å². The molecule has 2 heterocycles. The first-order valence-corrected chi connectivity index (χ1v) is 5.28. The molecule has 2 aromatic rings. The molecule has 2 rings (SSSR count). The maximum atomic E-state index is 11.9. The van der Waals surface area contributed by atoms with Gasteiger partial charge in [-0.1, -0.05) is 0 Å². The first kappa shape index (κ1) is 11.9. The van der Waals surface area contributed by atoms with E-state index in [9.17, 15) is 9.59 Å². The van der Waals surface area contributed by atoms with Crippen LogP contribution in [0.5, 0.6) is 0 Å². The summed E-state index contributed by atoms with van der Waals surface area (Å²) in [5.74, 6) is -0.146. The Hall–Kier alpha value is -2.57. The number of nitrogens with one attached hydrogen (secondary N) is 2. The Morgan fingerprint density at radius 2 is 2.28 bits per heavy atom. The number of amides is 1. The van der Waals surface area contributed by atoms with Gasteiger partial charge >= 0.3 is 0 Å². The molecule has 2 aromatic heterocycles. The molecular weight excluding hydrogens is 234 g/mol. The maximum Gasteiger partial charge on any atom is 0.262 e. The molecule has 94 valence electrons. The first-order valence-electron chi connectivity index (χ1n) is 5.28. The lowest BCUT2D eigenvalue weighted by molar-refractivity contribution is 0.102. The Kier molecular flexibility index (Phi) is 2.88. The molecule has 0 spiro atoms. The highest BCUT2D eigenvalue weighted by molar-refractivity contribution is 6.04. The lowest BCUT2D eigenvalue weighted by Crippen LogP contribution is -2.22. The number of hydrogen-bond donors (Lipinski definition) is 3. The summed E-state index contributed by atoms with van der Waals surface area (Å²) < 4.78 is 1.46. The lowest BCUT2D eigenvalue weighted by Gasteiger charge is -2.05. The van der Waals surface area contributed by atoms with Crippen molar-refractivity contribution in [3.63, 3.8) is 0 Å². The molecule has 0 aliphatic rings. The van der Waals surface area contributed by atoms with Crippen LogP contribution in [-0.4, -0.2) is 20.7 Å². The lowest BCUT2D eigenvalue weighted by atomic mass is 10.2. The molecule has 4 N–H and O–H groups in total. The number of rotatable bonds is 2.